The van der Waals surface area contributed by atoms with Gasteiger partial charge in [-0.3, -0.25) is 14.3 Å². The molecule has 1 atom stereocenters. The molecule has 1 fully saturated rings. The highest BCUT2D eigenvalue weighted by Gasteiger charge is 2.29. The third-order valence-corrected chi connectivity index (χ3v) is 5.25. The minimum Gasteiger partial charge on any atom is -0.330 e. The number of H-pyrrole nitrogens is 1. The van der Waals surface area contributed by atoms with Crippen molar-refractivity contribution < 1.29 is 0 Å². The van der Waals surface area contributed by atoms with Crippen molar-refractivity contribution in [2.75, 3.05) is 13.1 Å². The number of hydrogen-bond acceptors (Lipinski definition) is 4. The molecule has 0 aliphatic carbocycles. The molecule has 0 radical (unpaired) electrons. The first-order valence-corrected chi connectivity index (χ1v) is 9.01. The highest BCUT2D eigenvalue weighted by Crippen LogP contribution is 2.32. The molecular weight excluding hydrogens is 330 g/mol. The average Bonchev–Trinajstić information content (AvgIpc) is 3.19. The molecule has 0 spiro atoms. The molecule has 7 nitrogen and oxygen atoms in total. The summed E-state index contributed by atoms with van der Waals surface area (Å²) >= 11 is 0. The third kappa shape index (κ3) is 2.88. The van der Waals surface area contributed by atoms with Gasteiger partial charge in [-0.1, -0.05) is 12.1 Å². The number of rotatable bonds is 4. The fourth-order valence-corrected chi connectivity index (χ4v) is 3.92. The van der Waals surface area contributed by atoms with E-state index in [1.165, 1.54) is 10.6 Å². The van der Waals surface area contributed by atoms with Crippen molar-refractivity contribution in [3.8, 4) is 0 Å². The number of likely N-dealkylation sites (tertiary alicyclic amines) is 1. The van der Waals surface area contributed by atoms with Crippen LogP contribution in [0, 0.1) is 6.92 Å². The molecule has 0 saturated carbocycles. The van der Waals surface area contributed by atoms with E-state index in [1.807, 2.05) is 18.2 Å². The van der Waals surface area contributed by atoms with Crippen LogP contribution < -0.4 is 11.2 Å². The predicted octanol–water partition coefficient (Wildman–Crippen LogP) is 1.57. The number of fused-ring (bicyclic) bond motifs is 1. The van der Waals surface area contributed by atoms with Crippen molar-refractivity contribution in [3.05, 3.63) is 62.7 Å². The molecule has 3 heterocycles. The van der Waals surface area contributed by atoms with Gasteiger partial charge < -0.3 is 9.55 Å². The van der Waals surface area contributed by atoms with Gasteiger partial charge in [-0.05, 0) is 38.4 Å². The van der Waals surface area contributed by atoms with Crippen molar-refractivity contribution in [1.82, 2.24) is 24.0 Å². The molecule has 1 aliphatic heterocycles. The van der Waals surface area contributed by atoms with Crippen LogP contribution in [0.4, 0.5) is 0 Å². The van der Waals surface area contributed by atoms with E-state index < -0.39 is 0 Å². The maximum Gasteiger partial charge on any atom is 0.328 e. The van der Waals surface area contributed by atoms with Crippen LogP contribution >= 0.6 is 0 Å². The minimum absolute atomic E-state index is 0.215. The summed E-state index contributed by atoms with van der Waals surface area (Å²) in [5.41, 5.74) is 2.14. The quantitative estimate of drug-likeness (QED) is 0.772. The number of benzene rings is 1. The molecule has 1 saturated heterocycles. The molecule has 3 aromatic rings. The number of para-hydroxylation sites is 2. The Morgan fingerprint density at radius 2 is 2.04 bits per heavy atom. The average molecular weight is 353 g/mol. The molecule has 136 valence electrons. The highest BCUT2D eigenvalue weighted by atomic mass is 16.2. The maximum atomic E-state index is 12.1. The van der Waals surface area contributed by atoms with E-state index >= 15 is 0 Å². The lowest BCUT2D eigenvalue weighted by atomic mass is 10.2. The summed E-state index contributed by atoms with van der Waals surface area (Å²) < 4.78 is 3.43. The zero-order valence-electron chi connectivity index (χ0n) is 15.1. The van der Waals surface area contributed by atoms with E-state index in [0.29, 0.717) is 18.8 Å². The second-order valence-corrected chi connectivity index (χ2v) is 6.96. The van der Waals surface area contributed by atoms with E-state index in [1.54, 1.807) is 6.92 Å². The summed E-state index contributed by atoms with van der Waals surface area (Å²) in [5.74, 6) is 1.05. The minimum atomic E-state index is -0.339. The maximum absolute atomic E-state index is 12.1. The second-order valence-electron chi connectivity index (χ2n) is 6.96. The van der Waals surface area contributed by atoms with Gasteiger partial charge in [0.25, 0.3) is 5.56 Å². The Hall–Kier alpha value is -2.67. The fraction of sp³-hybridized carbons (Fsp3) is 0.421. The standard InChI is InChI=1S/C19H23N5O2/c1-13-12-17(25)24(19(26)20-13)11-10-23-9-5-8-16(23)18-21-14-6-3-4-7-15(14)22(18)2/h3-4,6-7,12,16H,5,8-11H2,1-2H3,(H,20,26)/t16-/m0/s1. The Labute approximate surface area is 150 Å². The fourth-order valence-electron chi connectivity index (χ4n) is 3.92. The number of aryl methyl sites for hydroxylation is 2. The monoisotopic (exact) mass is 353 g/mol. The van der Waals surface area contributed by atoms with Gasteiger partial charge in [0.15, 0.2) is 0 Å². The normalized spacial score (nSPS) is 18.0. The molecule has 0 unspecified atom stereocenters. The van der Waals surface area contributed by atoms with Crippen LogP contribution in [0.1, 0.15) is 30.4 Å². The van der Waals surface area contributed by atoms with Crippen LogP contribution in [0.5, 0.6) is 0 Å². The summed E-state index contributed by atoms with van der Waals surface area (Å²) in [6.45, 7) is 3.70. The molecular formula is C19H23N5O2. The van der Waals surface area contributed by atoms with Gasteiger partial charge in [0.2, 0.25) is 0 Å². The van der Waals surface area contributed by atoms with Crippen molar-refractivity contribution >= 4 is 11.0 Å². The smallest absolute Gasteiger partial charge is 0.328 e. The summed E-state index contributed by atoms with van der Waals surface area (Å²) in [4.78, 5) is 34.0. The Kier molecular flexibility index (Phi) is 4.24. The van der Waals surface area contributed by atoms with Crippen molar-refractivity contribution in [3.63, 3.8) is 0 Å². The largest absolute Gasteiger partial charge is 0.330 e. The second kappa shape index (κ2) is 6.57. The van der Waals surface area contributed by atoms with E-state index in [9.17, 15) is 9.59 Å². The lowest BCUT2D eigenvalue weighted by Gasteiger charge is -2.24. The van der Waals surface area contributed by atoms with Crippen LogP contribution in [0.2, 0.25) is 0 Å². The van der Waals surface area contributed by atoms with Crippen LogP contribution in [0.15, 0.2) is 39.9 Å². The van der Waals surface area contributed by atoms with Gasteiger partial charge in [0.05, 0.1) is 17.1 Å². The van der Waals surface area contributed by atoms with E-state index in [4.69, 9.17) is 4.98 Å². The van der Waals surface area contributed by atoms with Crippen molar-refractivity contribution in [2.45, 2.75) is 32.4 Å². The van der Waals surface area contributed by atoms with Gasteiger partial charge in [0, 0.05) is 31.9 Å². The molecule has 4 rings (SSSR count). The third-order valence-electron chi connectivity index (χ3n) is 5.25. The van der Waals surface area contributed by atoms with Gasteiger partial charge >= 0.3 is 5.69 Å². The molecule has 1 aliphatic rings. The Balaban J connectivity index is 1.58. The summed E-state index contributed by atoms with van der Waals surface area (Å²) in [6, 6.07) is 9.82. The Morgan fingerprint density at radius 1 is 1.23 bits per heavy atom. The summed E-state index contributed by atoms with van der Waals surface area (Å²) in [5, 5.41) is 0. The number of aromatic nitrogens is 4. The Bertz CT molecular complexity index is 1030. The zero-order chi connectivity index (χ0) is 18.3. The van der Waals surface area contributed by atoms with Crippen LogP contribution in [-0.4, -0.2) is 37.1 Å². The van der Waals surface area contributed by atoms with Gasteiger partial charge in [-0.2, -0.15) is 0 Å². The molecule has 2 aromatic heterocycles. The lowest BCUT2D eigenvalue weighted by Crippen LogP contribution is -2.39. The SMILES string of the molecule is Cc1cc(=O)n(CCN2CCC[C@H]2c2nc3ccccc3n2C)c(=O)[nH]1. The molecule has 0 amide bonds. The van der Waals surface area contributed by atoms with Crippen molar-refractivity contribution in [2.24, 2.45) is 7.05 Å². The predicted molar refractivity (Wildman–Crippen MR) is 100 cm³/mol. The van der Waals surface area contributed by atoms with Gasteiger partial charge in [0.1, 0.15) is 5.82 Å². The first-order valence-electron chi connectivity index (χ1n) is 9.01. The zero-order valence-corrected chi connectivity index (χ0v) is 15.1. The van der Waals surface area contributed by atoms with Crippen LogP contribution in [-0.2, 0) is 13.6 Å². The number of hydrogen-bond donors (Lipinski definition) is 1. The molecule has 7 heteroatoms. The van der Waals surface area contributed by atoms with E-state index in [-0.39, 0.29) is 17.3 Å². The van der Waals surface area contributed by atoms with Gasteiger partial charge in [-0.15, -0.1) is 0 Å². The first-order chi connectivity index (χ1) is 12.5. The topological polar surface area (TPSA) is 75.9 Å². The number of nitrogens with one attached hydrogen (secondary N) is 1. The molecule has 26 heavy (non-hydrogen) atoms. The van der Waals surface area contributed by atoms with Crippen molar-refractivity contribution in [1.29, 1.82) is 0 Å². The highest BCUT2D eigenvalue weighted by molar-refractivity contribution is 5.75. The van der Waals surface area contributed by atoms with Crippen LogP contribution in [0.25, 0.3) is 11.0 Å². The molecule has 1 N–H and O–H groups in total. The summed E-state index contributed by atoms with van der Waals surface area (Å²) in [6.07, 6.45) is 2.13. The first kappa shape index (κ1) is 16.8. The molecule has 1 aromatic carbocycles. The van der Waals surface area contributed by atoms with Crippen LogP contribution in [0.3, 0.4) is 0 Å². The van der Waals surface area contributed by atoms with E-state index in [0.717, 1.165) is 36.2 Å². The molecule has 0 bridgehead atoms. The number of imidazole rings is 1. The summed E-state index contributed by atoms with van der Waals surface area (Å²) in [7, 11) is 2.05. The van der Waals surface area contributed by atoms with Gasteiger partial charge in [-0.25, -0.2) is 9.78 Å². The lowest BCUT2D eigenvalue weighted by molar-refractivity contribution is 0.234. The van der Waals surface area contributed by atoms with E-state index in [2.05, 4.69) is 27.6 Å². The number of nitrogens with zero attached hydrogens (tertiary/aromatic N) is 4. The Morgan fingerprint density at radius 3 is 2.81 bits per heavy atom. The number of aromatic amines is 1.